The van der Waals surface area contributed by atoms with Gasteiger partial charge >= 0.3 is 6.09 Å². The summed E-state index contributed by atoms with van der Waals surface area (Å²) in [6.45, 7) is 11.8. The van der Waals surface area contributed by atoms with Gasteiger partial charge in [0.25, 0.3) is 0 Å². The maximum atomic E-state index is 15.4. The Morgan fingerprint density at radius 1 is 1.21 bits per heavy atom. The molecule has 3 fully saturated rings. The number of fused-ring (bicyclic) bond motifs is 4. The summed E-state index contributed by atoms with van der Waals surface area (Å²) in [7, 11) is 0. The van der Waals surface area contributed by atoms with Crippen LogP contribution in [0.25, 0.3) is 11.1 Å². The topological polar surface area (TPSA) is 50.8 Å². The number of carbonyl (C=O) groups is 1. The summed E-state index contributed by atoms with van der Waals surface area (Å²) in [6.07, 6.45) is 2.50. The van der Waals surface area contributed by atoms with Gasteiger partial charge < -0.3 is 14.8 Å². The normalized spacial score (nSPS) is 26.7. The quantitative estimate of drug-likeness (QED) is 0.619. The Kier molecular flexibility index (Phi) is 6.05. The second kappa shape index (κ2) is 8.88. The number of nitrogens with one attached hydrogen (secondary N) is 1. The molecule has 5 nitrogen and oxygen atoms in total. The van der Waals surface area contributed by atoms with Crippen molar-refractivity contribution in [1.82, 2.24) is 10.2 Å². The molecule has 6 rings (SSSR count). The van der Waals surface area contributed by atoms with Gasteiger partial charge in [0.2, 0.25) is 0 Å². The van der Waals surface area contributed by atoms with E-state index in [0.717, 1.165) is 66.9 Å². The minimum absolute atomic E-state index is 0.0477. The Morgan fingerprint density at radius 3 is 2.62 bits per heavy atom. The van der Waals surface area contributed by atoms with Crippen molar-refractivity contribution in [1.29, 1.82) is 0 Å². The van der Waals surface area contributed by atoms with Crippen molar-refractivity contribution in [2.24, 2.45) is 11.3 Å². The fourth-order valence-electron chi connectivity index (χ4n) is 6.03. The van der Waals surface area contributed by atoms with E-state index in [1.165, 1.54) is 0 Å². The maximum Gasteiger partial charge on any atom is 0.407 e. The zero-order chi connectivity index (χ0) is 24.0. The molecule has 0 radical (unpaired) electrons. The number of hydrogen-bond acceptors (Lipinski definition) is 4. The van der Waals surface area contributed by atoms with E-state index in [-0.39, 0.29) is 23.4 Å². The number of halogens is 1. The zero-order valence-electron chi connectivity index (χ0n) is 20.6. The third-order valence-corrected chi connectivity index (χ3v) is 7.87. The predicted molar refractivity (Wildman–Crippen MR) is 131 cm³/mol. The van der Waals surface area contributed by atoms with Crippen LogP contribution in [0.15, 0.2) is 30.3 Å². The fraction of sp³-hybridized carbons (Fsp3) is 0.536. The number of amides is 1. The van der Waals surface area contributed by atoms with Crippen LogP contribution < -0.4 is 10.1 Å². The molecule has 2 aromatic carbocycles. The van der Waals surface area contributed by atoms with Gasteiger partial charge in [0, 0.05) is 12.1 Å². The van der Waals surface area contributed by atoms with Crippen molar-refractivity contribution in [3.8, 4) is 16.9 Å². The van der Waals surface area contributed by atoms with Crippen LogP contribution in [0.4, 0.5) is 9.18 Å². The van der Waals surface area contributed by atoms with Crippen LogP contribution in [0, 0.1) is 24.1 Å². The summed E-state index contributed by atoms with van der Waals surface area (Å²) in [5.41, 5.74) is 4.07. The van der Waals surface area contributed by atoms with Gasteiger partial charge in [-0.2, -0.15) is 0 Å². The second-order valence-electron chi connectivity index (χ2n) is 10.8. The highest BCUT2D eigenvalue weighted by atomic mass is 19.1. The lowest BCUT2D eigenvalue weighted by Gasteiger charge is -2.44. The Hall–Kier alpha value is -2.60. The molecule has 2 bridgehead atoms. The van der Waals surface area contributed by atoms with Crippen LogP contribution in [0.5, 0.6) is 5.75 Å². The third-order valence-electron chi connectivity index (χ3n) is 7.87. The van der Waals surface area contributed by atoms with Gasteiger partial charge in [-0.25, -0.2) is 9.18 Å². The number of rotatable bonds is 5. The standard InChI is InChI=1S/C28H35FN2O3/c1-5-33-24-7-6-19(12-17(24)2)21-13-20-15-28(3,4)26(22(20)14-23(21)29)30-27(32)34-25-16-31-10-8-18(25)9-11-31/h6-7,12-14,18,25-26H,5,8-11,15-16H2,1-4H3,(H,30,32)/t25-,26+/m1/s1. The number of benzene rings is 2. The maximum absolute atomic E-state index is 15.4. The summed E-state index contributed by atoms with van der Waals surface area (Å²) in [5, 5.41) is 3.09. The number of carbonyl (C=O) groups excluding carboxylic acids is 1. The van der Waals surface area contributed by atoms with E-state index < -0.39 is 6.09 Å². The van der Waals surface area contributed by atoms with E-state index in [9.17, 15) is 4.79 Å². The van der Waals surface area contributed by atoms with E-state index in [4.69, 9.17) is 9.47 Å². The molecule has 3 heterocycles. The summed E-state index contributed by atoms with van der Waals surface area (Å²) in [4.78, 5) is 15.2. The predicted octanol–water partition coefficient (Wildman–Crippen LogP) is 5.64. The van der Waals surface area contributed by atoms with Crippen LogP contribution in [0.1, 0.15) is 56.3 Å². The first-order chi connectivity index (χ1) is 16.2. The van der Waals surface area contributed by atoms with Crippen LogP contribution >= 0.6 is 0 Å². The smallest absolute Gasteiger partial charge is 0.407 e. The third kappa shape index (κ3) is 4.28. The van der Waals surface area contributed by atoms with Crippen LogP contribution in [0.2, 0.25) is 0 Å². The van der Waals surface area contributed by atoms with Crippen molar-refractivity contribution in [2.75, 3.05) is 26.2 Å². The monoisotopic (exact) mass is 466 g/mol. The minimum atomic E-state index is -0.392. The average molecular weight is 467 g/mol. The Morgan fingerprint density at radius 2 is 1.97 bits per heavy atom. The molecular weight excluding hydrogens is 431 g/mol. The lowest BCUT2D eigenvalue weighted by molar-refractivity contribution is -0.0349. The Balaban J connectivity index is 1.36. The van der Waals surface area contributed by atoms with E-state index >= 15 is 4.39 Å². The number of piperidine rings is 3. The molecule has 0 spiro atoms. The molecule has 1 N–H and O–H groups in total. The highest BCUT2D eigenvalue weighted by molar-refractivity contribution is 5.71. The molecule has 34 heavy (non-hydrogen) atoms. The van der Waals surface area contributed by atoms with Crippen LogP contribution in [-0.4, -0.2) is 43.3 Å². The molecule has 1 aliphatic carbocycles. The highest BCUT2D eigenvalue weighted by Gasteiger charge is 2.42. The first kappa shape index (κ1) is 23.2. The first-order valence-electron chi connectivity index (χ1n) is 12.5. The molecule has 0 unspecified atom stereocenters. The molecule has 4 aliphatic rings. The van der Waals surface area contributed by atoms with Crippen LogP contribution in [-0.2, 0) is 11.2 Å². The molecule has 6 heteroatoms. The molecule has 0 saturated carbocycles. The van der Waals surface area contributed by atoms with Crippen molar-refractivity contribution < 1.29 is 18.7 Å². The zero-order valence-corrected chi connectivity index (χ0v) is 20.6. The van der Waals surface area contributed by atoms with Gasteiger partial charge in [0.15, 0.2) is 0 Å². The molecule has 182 valence electrons. The highest BCUT2D eigenvalue weighted by Crippen LogP contribution is 2.47. The van der Waals surface area contributed by atoms with Gasteiger partial charge in [0.05, 0.1) is 12.6 Å². The van der Waals surface area contributed by atoms with E-state index in [1.54, 1.807) is 6.07 Å². The molecule has 0 aromatic heterocycles. The van der Waals surface area contributed by atoms with Gasteiger partial charge in [-0.1, -0.05) is 19.9 Å². The minimum Gasteiger partial charge on any atom is -0.494 e. The molecule has 2 aromatic rings. The largest absolute Gasteiger partial charge is 0.494 e. The number of nitrogens with zero attached hydrogens (tertiary/aromatic N) is 1. The Bertz CT molecular complexity index is 1090. The number of alkyl carbamates (subject to hydrolysis) is 1. The SMILES string of the molecule is CCOc1ccc(-c2cc3c(cc2F)[C@H](NC(=O)O[C@@H]2CN4CCC2CC4)C(C)(C)C3)cc1C. The summed E-state index contributed by atoms with van der Waals surface area (Å²) >= 11 is 0. The van der Waals surface area contributed by atoms with Gasteiger partial charge in [-0.15, -0.1) is 0 Å². The van der Waals surface area contributed by atoms with Gasteiger partial charge in [0.1, 0.15) is 17.7 Å². The summed E-state index contributed by atoms with van der Waals surface area (Å²) in [6, 6.07) is 9.04. The van der Waals surface area contributed by atoms with Gasteiger partial charge in [-0.05, 0) is 104 Å². The lowest BCUT2D eigenvalue weighted by atomic mass is 9.85. The van der Waals surface area contributed by atoms with Crippen molar-refractivity contribution in [3.63, 3.8) is 0 Å². The van der Waals surface area contributed by atoms with E-state index in [0.29, 0.717) is 18.1 Å². The van der Waals surface area contributed by atoms with E-state index in [1.807, 2.05) is 38.1 Å². The van der Waals surface area contributed by atoms with Gasteiger partial charge in [-0.3, -0.25) is 4.90 Å². The first-order valence-corrected chi connectivity index (χ1v) is 12.5. The van der Waals surface area contributed by atoms with Crippen molar-refractivity contribution >= 4 is 6.09 Å². The number of ether oxygens (including phenoxy) is 2. The molecule has 3 aliphatic heterocycles. The second-order valence-corrected chi connectivity index (χ2v) is 10.8. The lowest BCUT2D eigenvalue weighted by Crippen LogP contribution is -2.53. The average Bonchev–Trinajstić information content (AvgIpc) is 3.04. The Labute approximate surface area is 201 Å². The van der Waals surface area contributed by atoms with Crippen LogP contribution in [0.3, 0.4) is 0 Å². The summed E-state index contributed by atoms with van der Waals surface area (Å²) < 4.78 is 26.9. The summed E-state index contributed by atoms with van der Waals surface area (Å²) in [5.74, 6) is 0.995. The number of hydrogen-bond donors (Lipinski definition) is 1. The molecule has 2 atom stereocenters. The van der Waals surface area contributed by atoms with Crippen molar-refractivity contribution in [2.45, 2.75) is 59.1 Å². The van der Waals surface area contributed by atoms with Crippen molar-refractivity contribution in [3.05, 3.63) is 52.8 Å². The number of aryl methyl sites for hydroxylation is 1. The molecule has 1 amide bonds. The fourth-order valence-corrected chi connectivity index (χ4v) is 6.03. The molecular formula is C28H35FN2O3. The van der Waals surface area contributed by atoms with E-state index in [2.05, 4.69) is 24.1 Å². The molecule has 3 saturated heterocycles.